The molecule has 30 heavy (non-hydrogen) atoms. The predicted octanol–water partition coefficient (Wildman–Crippen LogP) is 3.57. The van der Waals surface area contributed by atoms with Crippen molar-refractivity contribution in [3.8, 4) is 11.1 Å². The number of amides is 1. The van der Waals surface area contributed by atoms with Crippen molar-refractivity contribution in [1.29, 1.82) is 0 Å². The van der Waals surface area contributed by atoms with E-state index < -0.39 is 0 Å². The lowest BCUT2D eigenvalue weighted by molar-refractivity contribution is -0.120. The van der Waals surface area contributed by atoms with Crippen LogP contribution in [0.2, 0.25) is 5.02 Å². The predicted molar refractivity (Wildman–Crippen MR) is 119 cm³/mol. The molecule has 0 aliphatic carbocycles. The van der Waals surface area contributed by atoms with E-state index in [2.05, 4.69) is 25.9 Å². The SMILES string of the molecule is O=C(Nc1cc(-c2cncc(NCC3CCOCC3)c2)c(Cl)cn1)C1CCCNC1. The fourth-order valence-corrected chi connectivity index (χ4v) is 4.14. The molecule has 2 aliphatic rings. The topological polar surface area (TPSA) is 88.2 Å². The highest BCUT2D eigenvalue weighted by atomic mass is 35.5. The molecule has 2 aromatic rings. The molecule has 7 nitrogen and oxygen atoms in total. The number of carbonyl (C=O) groups is 1. The van der Waals surface area contributed by atoms with Crippen molar-refractivity contribution < 1.29 is 9.53 Å². The van der Waals surface area contributed by atoms with Crippen LogP contribution in [-0.2, 0) is 9.53 Å². The van der Waals surface area contributed by atoms with Gasteiger partial charge >= 0.3 is 0 Å². The summed E-state index contributed by atoms with van der Waals surface area (Å²) in [4.78, 5) is 21.2. The summed E-state index contributed by atoms with van der Waals surface area (Å²) < 4.78 is 5.43. The Morgan fingerprint density at radius 3 is 2.87 bits per heavy atom. The fraction of sp³-hybridized carbons (Fsp3) is 0.500. The number of hydrogen-bond donors (Lipinski definition) is 3. The minimum absolute atomic E-state index is 0.00650. The van der Waals surface area contributed by atoms with Crippen molar-refractivity contribution in [2.45, 2.75) is 25.7 Å². The summed E-state index contributed by atoms with van der Waals surface area (Å²) in [5.41, 5.74) is 2.63. The molecule has 2 aromatic heterocycles. The molecule has 8 heteroatoms. The van der Waals surface area contributed by atoms with Gasteiger partial charge in [-0.05, 0) is 50.3 Å². The van der Waals surface area contributed by atoms with E-state index in [1.165, 1.54) is 0 Å². The number of piperidine rings is 1. The van der Waals surface area contributed by atoms with E-state index in [4.69, 9.17) is 16.3 Å². The van der Waals surface area contributed by atoms with Crippen molar-refractivity contribution in [3.63, 3.8) is 0 Å². The Kier molecular flexibility index (Phi) is 7.15. The summed E-state index contributed by atoms with van der Waals surface area (Å²) in [5.74, 6) is 1.08. The van der Waals surface area contributed by atoms with Crippen molar-refractivity contribution in [2.75, 3.05) is 43.5 Å². The Bertz CT molecular complexity index is 866. The third-order valence-corrected chi connectivity index (χ3v) is 6.06. The molecule has 0 radical (unpaired) electrons. The highest BCUT2D eigenvalue weighted by Crippen LogP contribution is 2.30. The van der Waals surface area contributed by atoms with E-state index in [1.807, 2.05) is 18.3 Å². The molecule has 0 spiro atoms. The van der Waals surface area contributed by atoms with Gasteiger partial charge in [0.15, 0.2) is 0 Å². The average Bonchev–Trinajstić information content (AvgIpc) is 2.80. The van der Waals surface area contributed by atoms with Gasteiger partial charge in [0.2, 0.25) is 5.91 Å². The number of carbonyl (C=O) groups excluding carboxylic acids is 1. The third kappa shape index (κ3) is 5.47. The molecule has 2 aliphatic heterocycles. The quantitative estimate of drug-likeness (QED) is 0.650. The zero-order valence-corrected chi connectivity index (χ0v) is 17.8. The number of nitrogens with zero attached hydrogens (tertiary/aromatic N) is 2. The second-order valence-corrected chi connectivity index (χ2v) is 8.39. The summed E-state index contributed by atoms with van der Waals surface area (Å²) in [5, 5.41) is 10.2. The summed E-state index contributed by atoms with van der Waals surface area (Å²) in [6.45, 7) is 4.25. The Balaban J connectivity index is 1.45. The lowest BCUT2D eigenvalue weighted by Gasteiger charge is -2.22. The smallest absolute Gasteiger partial charge is 0.229 e. The molecule has 2 fully saturated rings. The number of hydrogen-bond acceptors (Lipinski definition) is 6. The molecule has 0 bridgehead atoms. The first-order valence-electron chi connectivity index (χ1n) is 10.6. The molecule has 2 saturated heterocycles. The second kappa shape index (κ2) is 10.2. The van der Waals surface area contributed by atoms with Crippen molar-refractivity contribution in [1.82, 2.24) is 15.3 Å². The molecule has 4 heterocycles. The van der Waals surface area contributed by atoms with E-state index in [0.29, 0.717) is 23.3 Å². The molecule has 3 N–H and O–H groups in total. The van der Waals surface area contributed by atoms with Crippen molar-refractivity contribution in [3.05, 3.63) is 35.7 Å². The van der Waals surface area contributed by atoms with Crippen LogP contribution in [0.3, 0.4) is 0 Å². The summed E-state index contributed by atoms with van der Waals surface area (Å²) in [6.07, 6.45) is 9.23. The maximum Gasteiger partial charge on any atom is 0.229 e. The molecule has 1 atom stereocenters. The number of ether oxygens (including phenoxy) is 1. The van der Waals surface area contributed by atoms with Gasteiger partial charge in [-0.15, -0.1) is 0 Å². The summed E-state index contributed by atoms with van der Waals surface area (Å²) in [6, 6.07) is 3.85. The van der Waals surface area contributed by atoms with E-state index >= 15 is 0 Å². The minimum atomic E-state index is -0.0286. The molecular weight excluding hydrogens is 402 g/mol. The first-order valence-corrected chi connectivity index (χ1v) is 11.0. The van der Waals surface area contributed by atoms with Gasteiger partial charge in [0.1, 0.15) is 5.82 Å². The van der Waals surface area contributed by atoms with Gasteiger partial charge in [-0.3, -0.25) is 9.78 Å². The van der Waals surface area contributed by atoms with E-state index in [0.717, 1.165) is 68.8 Å². The summed E-state index contributed by atoms with van der Waals surface area (Å²) >= 11 is 6.42. The lowest BCUT2D eigenvalue weighted by atomic mass is 9.99. The highest BCUT2D eigenvalue weighted by Gasteiger charge is 2.21. The normalized spacial score (nSPS) is 20.0. The molecule has 0 aromatic carbocycles. The highest BCUT2D eigenvalue weighted by molar-refractivity contribution is 6.33. The molecule has 1 amide bonds. The standard InChI is InChI=1S/C22H28ClN5O2/c23-20-14-27-21(28-22(29)16-2-1-5-24-11-16)9-19(20)17-8-18(13-25-12-17)26-10-15-3-6-30-7-4-15/h8-9,12-16,24,26H,1-7,10-11H2,(H,27,28,29). The van der Waals surface area contributed by atoms with Crippen LogP contribution in [0.5, 0.6) is 0 Å². The van der Waals surface area contributed by atoms with Gasteiger partial charge in [0, 0.05) is 56.0 Å². The van der Waals surface area contributed by atoms with Gasteiger partial charge in [-0.2, -0.15) is 0 Å². The Hall–Kier alpha value is -2.22. The largest absolute Gasteiger partial charge is 0.384 e. The number of nitrogens with one attached hydrogen (secondary N) is 3. The average molecular weight is 430 g/mol. The molecule has 4 rings (SSSR count). The first-order chi connectivity index (χ1) is 14.7. The van der Waals surface area contributed by atoms with E-state index in [9.17, 15) is 4.79 Å². The van der Waals surface area contributed by atoms with Gasteiger partial charge in [-0.1, -0.05) is 11.6 Å². The number of pyridine rings is 2. The van der Waals surface area contributed by atoms with Gasteiger partial charge < -0.3 is 20.7 Å². The van der Waals surface area contributed by atoms with E-state index in [-0.39, 0.29) is 11.8 Å². The van der Waals surface area contributed by atoms with Gasteiger partial charge in [-0.25, -0.2) is 4.98 Å². The Morgan fingerprint density at radius 2 is 2.07 bits per heavy atom. The minimum Gasteiger partial charge on any atom is -0.384 e. The summed E-state index contributed by atoms with van der Waals surface area (Å²) in [7, 11) is 0. The van der Waals surface area contributed by atoms with Crippen LogP contribution in [0.15, 0.2) is 30.7 Å². The molecule has 160 valence electrons. The molecule has 0 saturated carbocycles. The van der Waals surface area contributed by atoms with Crippen LogP contribution in [0.1, 0.15) is 25.7 Å². The Labute approximate surface area is 182 Å². The fourth-order valence-electron chi connectivity index (χ4n) is 3.93. The van der Waals surface area contributed by atoms with Crippen LogP contribution >= 0.6 is 11.6 Å². The van der Waals surface area contributed by atoms with Crippen LogP contribution in [0, 0.1) is 11.8 Å². The number of halogens is 1. The van der Waals surface area contributed by atoms with Crippen LogP contribution in [0.25, 0.3) is 11.1 Å². The van der Waals surface area contributed by atoms with Crippen LogP contribution in [0.4, 0.5) is 11.5 Å². The monoisotopic (exact) mass is 429 g/mol. The number of aromatic nitrogens is 2. The Morgan fingerprint density at radius 1 is 1.20 bits per heavy atom. The third-order valence-electron chi connectivity index (χ3n) is 5.76. The zero-order valence-electron chi connectivity index (χ0n) is 17.0. The molecular formula is C22H28ClN5O2. The van der Waals surface area contributed by atoms with Crippen molar-refractivity contribution >= 4 is 29.0 Å². The lowest BCUT2D eigenvalue weighted by Crippen LogP contribution is -2.37. The van der Waals surface area contributed by atoms with Crippen LogP contribution in [-0.4, -0.2) is 48.7 Å². The number of anilines is 2. The number of rotatable bonds is 6. The van der Waals surface area contributed by atoms with Crippen molar-refractivity contribution in [2.24, 2.45) is 11.8 Å². The second-order valence-electron chi connectivity index (χ2n) is 7.98. The zero-order chi connectivity index (χ0) is 20.8. The first kappa shape index (κ1) is 21.0. The molecule has 1 unspecified atom stereocenters. The van der Waals surface area contributed by atoms with E-state index in [1.54, 1.807) is 12.4 Å². The van der Waals surface area contributed by atoms with Gasteiger partial charge in [0.05, 0.1) is 16.6 Å². The van der Waals surface area contributed by atoms with Crippen LogP contribution < -0.4 is 16.0 Å². The maximum atomic E-state index is 12.5. The maximum absolute atomic E-state index is 12.5. The van der Waals surface area contributed by atoms with Gasteiger partial charge in [0.25, 0.3) is 0 Å².